The lowest BCUT2D eigenvalue weighted by Gasteiger charge is -2.35. The van der Waals surface area contributed by atoms with E-state index in [1.807, 2.05) is 24.3 Å². The average molecular weight is 254 g/mol. The molecule has 3 heteroatoms. The van der Waals surface area contributed by atoms with Crippen molar-refractivity contribution >= 4 is 11.6 Å². The molecule has 0 saturated heterocycles. The SMILES string of the molecule is NCC1(COc2ccc(Cl)cc2)CCCCC1. The van der Waals surface area contributed by atoms with Crippen LogP contribution in [0.1, 0.15) is 32.1 Å². The second kappa shape index (κ2) is 5.74. The van der Waals surface area contributed by atoms with Crippen molar-refractivity contribution in [3.63, 3.8) is 0 Å². The summed E-state index contributed by atoms with van der Waals surface area (Å²) in [5, 5.41) is 0.739. The first-order chi connectivity index (χ1) is 8.24. The van der Waals surface area contributed by atoms with Crippen LogP contribution in [0.25, 0.3) is 0 Å². The lowest BCUT2D eigenvalue weighted by Crippen LogP contribution is -2.38. The molecule has 2 N–H and O–H groups in total. The molecule has 1 saturated carbocycles. The first kappa shape index (κ1) is 12.7. The highest BCUT2D eigenvalue weighted by molar-refractivity contribution is 6.30. The monoisotopic (exact) mass is 253 g/mol. The maximum absolute atomic E-state index is 5.93. The molecular weight excluding hydrogens is 234 g/mol. The summed E-state index contributed by atoms with van der Waals surface area (Å²) < 4.78 is 5.86. The van der Waals surface area contributed by atoms with Gasteiger partial charge in [0.15, 0.2) is 0 Å². The largest absolute Gasteiger partial charge is 0.493 e. The van der Waals surface area contributed by atoms with Crippen molar-refractivity contribution < 1.29 is 4.74 Å². The van der Waals surface area contributed by atoms with Gasteiger partial charge in [-0.15, -0.1) is 0 Å². The standard InChI is InChI=1S/C14H20ClNO/c15-12-4-6-13(7-5-12)17-11-14(10-16)8-2-1-3-9-14/h4-7H,1-3,8-11,16H2. The Kier molecular flexibility index (Phi) is 4.30. The summed E-state index contributed by atoms with van der Waals surface area (Å²) in [6, 6.07) is 7.53. The molecule has 2 nitrogen and oxygen atoms in total. The lowest BCUT2D eigenvalue weighted by atomic mass is 9.75. The summed E-state index contributed by atoms with van der Waals surface area (Å²) in [5.74, 6) is 0.882. The van der Waals surface area contributed by atoms with Crippen molar-refractivity contribution in [3.05, 3.63) is 29.3 Å². The molecular formula is C14H20ClNO. The molecule has 0 bridgehead atoms. The van der Waals surface area contributed by atoms with E-state index in [1.165, 1.54) is 32.1 Å². The maximum Gasteiger partial charge on any atom is 0.119 e. The van der Waals surface area contributed by atoms with E-state index in [1.54, 1.807) is 0 Å². The third-order valence-corrected chi connectivity index (χ3v) is 3.96. The van der Waals surface area contributed by atoms with Gasteiger partial charge in [0.1, 0.15) is 5.75 Å². The number of hydrogen-bond acceptors (Lipinski definition) is 2. The van der Waals surface area contributed by atoms with Gasteiger partial charge in [0.25, 0.3) is 0 Å². The third-order valence-electron chi connectivity index (χ3n) is 3.71. The minimum absolute atomic E-state index is 0.192. The fourth-order valence-electron chi connectivity index (χ4n) is 2.48. The minimum atomic E-state index is 0.192. The molecule has 0 spiro atoms. The molecule has 0 atom stereocenters. The van der Waals surface area contributed by atoms with Crippen molar-refractivity contribution in [2.24, 2.45) is 11.1 Å². The zero-order chi connectivity index (χ0) is 12.1. The quantitative estimate of drug-likeness (QED) is 0.889. The molecule has 0 amide bonds. The average Bonchev–Trinajstić information content (AvgIpc) is 2.39. The molecule has 17 heavy (non-hydrogen) atoms. The van der Waals surface area contributed by atoms with Crippen molar-refractivity contribution in [2.75, 3.05) is 13.2 Å². The Balaban J connectivity index is 1.93. The fourth-order valence-corrected chi connectivity index (χ4v) is 2.60. The van der Waals surface area contributed by atoms with Gasteiger partial charge in [-0.05, 0) is 37.1 Å². The smallest absolute Gasteiger partial charge is 0.119 e. The van der Waals surface area contributed by atoms with Crippen molar-refractivity contribution in [3.8, 4) is 5.75 Å². The highest BCUT2D eigenvalue weighted by Crippen LogP contribution is 2.35. The Morgan fingerprint density at radius 1 is 1.12 bits per heavy atom. The van der Waals surface area contributed by atoms with E-state index in [0.29, 0.717) is 0 Å². The number of halogens is 1. The predicted octanol–water partition coefficient (Wildman–Crippen LogP) is 3.63. The van der Waals surface area contributed by atoms with E-state index in [9.17, 15) is 0 Å². The van der Waals surface area contributed by atoms with Gasteiger partial charge in [0.2, 0.25) is 0 Å². The normalized spacial score (nSPS) is 18.9. The van der Waals surface area contributed by atoms with Crippen LogP contribution in [0, 0.1) is 5.41 Å². The van der Waals surface area contributed by atoms with Crippen molar-refractivity contribution in [1.29, 1.82) is 0 Å². The topological polar surface area (TPSA) is 35.2 Å². The molecule has 1 aliphatic rings. The molecule has 1 aromatic carbocycles. The van der Waals surface area contributed by atoms with E-state index in [2.05, 4.69) is 0 Å². The van der Waals surface area contributed by atoms with Gasteiger partial charge in [0, 0.05) is 17.0 Å². The van der Waals surface area contributed by atoms with Crippen LogP contribution in [0.3, 0.4) is 0 Å². The summed E-state index contributed by atoms with van der Waals surface area (Å²) in [6.07, 6.45) is 6.28. The van der Waals surface area contributed by atoms with E-state index in [0.717, 1.165) is 23.9 Å². The van der Waals surface area contributed by atoms with Gasteiger partial charge in [-0.2, -0.15) is 0 Å². The molecule has 94 valence electrons. The Labute approximate surface area is 108 Å². The summed E-state index contributed by atoms with van der Waals surface area (Å²) in [7, 11) is 0. The van der Waals surface area contributed by atoms with Crippen LogP contribution >= 0.6 is 11.6 Å². The maximum atomic E-state index is 5.93. The zero-order valence-electron chi connectivity index (χ0n) is 10.1. The number of benzene rings is 1. The minimum Gasteiger partial charge on any atom is -0.493 e. The summed E-state index contributed by atoms with van der Waals surface area (Å²) >= 11 is 5.84. The first-order valence-corrected chi connectivity index (χ1v) is 6.70. The van der Waals surface area contributed by atoms with Crippen LogP contribution in [-0.4, -0.2) is 13.2 Å². The Morgan fingerprint density at radius 2 is 1.76 bits per heavy atom. The van der Waals surface area contributed by atoms with Gasteiger partial charge in [-0.1, -0.05) is 30.9 Å². The first-order valence-electron chi connectivity index (χ1n) is 6.33. The predicted molar refractivity (Wildman–Crippen MR) is 71.5 cm³/mol. The van der Waals surface area contributed by atoms with E-state index < -0.39 is 0 Å². The van der Waals surface area contributed by atoms with E-state index in [-0.39, 0.29) is 5.41 Å². The molecule has 1 fully saturated rings. The second-order valence-electron chi connectivity index (χ2n) is 5.01. The fraction of sp³-hybridized carbons (Fsp3) is 0.571. The molecule has 0 heterocycles. The zero-order valence-corrected chi connectivity index (χ0v) is 10.9. The highest BCUT2D eigenvalue weighted by Gasteiger charge is 2.31. The van der Waals surface area contributed by atoms with Gasteiger partial charge in [-0.3, -0.25) is 0 Å². The van der Waals surface area contributed by atoms with Crippen molar-refractivity contribution in [2.45, 2.75) is 32.1 Å². The molecule has 0 aliphatic heterocycles. The second-order valence-corrected chi connectivity index (χ2v) is 5.44. The number of rotatable bonds is 4. The summed E-state index contributed by atoms with van der Waals surface area (Å²) in [4.78, 5) is 0. The van der Waals surface area contributed by atoms with Crippen LogP contribution < -0.4 is 10.5 Å². The van der Waals surface area contributed by atoms with Crippen LogP contribution in [0.2, 0.25) is 5.02 Å². The van der Waals surface area contributed by atoms with Crippen molar-refractivity contribution in [1.82, 2.24) is 0 Å². The van der Waals surface area contributed by atoms with Gasteiger partial charge in [-0.25, -0.2) is 0 Å². The molecule has 0 aromatic heterocycles. The Hall–Kier alpha value is -0.730. The lowest BCUT2D eigenvalue weighted by molar-refractivity contribution is 0.105. The molecule has 0 radical (unpaired) electrons. The summed E-state index contributed by atoms with van der Waals surface area (Å²) in [5.41, 5.74) is 6.12. The van der Waals surface area contributed by atoms with Crippen LogP contribution in [-0.2, 0) is 0 Å². The van der Waals surface area contributed by atoms with Gasteiger partial charge >= 0.3 is 0 Å². The molecule has 1 aromatic rings. The highest BCUT2D eigenvalue weighted by atomic mass is 35.5. The number of hydrogen-bond donors (Lipinski definition) is 1. The van der Waals surface area contributed by atoms with Crippen LogP contribution in [0.5, 0.6) is 5.75 Å². The number of nitrogens with two attached hydrogens (primary N) is 1. The van der Waals surface area contributed by atoms with Gasteiger partial charge in [0.05, 0.1) is 6.61 Å². The van der Waals surface area contributed by atoms with Gasteiger partial charge < -0.3 is 10.5 Å². The summed E-state index contributed by atoms with van der Waals surface area (Å²) in [6.45, 7) is 1.45. The Morgan fingerprint density at radius 3 is 2.35 bits per heavy atom. The molecule has 0 unspecified atom stereocenters. The Bertz CT molecular complexity index is 344. The van der Waals surface area contributed by atoms with Crippen LogP contribution in [0.4, 0.5) is 0 Å². The van der Waals surface area contributed by atoms with E-state index >= 15 is 0 Å². The molecule has 2 rings (SSSR count). The van der Waals surface area contributed by atoms with E-state index in [4.69, 9.17) is 22.1 Å². The number of ether oxygens (including phenoxy) is 1. The van der Waals surface area contributed by atoms with Crippen LogP contribution in [0.15, 0.2) is 24.3 Å². The third kappa shape index (κ3) is 3.36. The molecule has 1 aliphatic carbocycles.